The summed E-state index contributed by atoms with van der Waals surface area (Å²) in [5, 5.41) is 12.3. The largest absolute Gasteiger partial charge is 0.257 e. The molecule has 3 nitrogen and oxygen atoms in total. The first-order valence-corrected chi connectivity index (χ1v) is 3.13. The molecule has 0 saturated carbocycles. The van der Waals surface area contributed by atoms with Crippen LogP contribution < -0.4 is 0 Å². The van der Waals surface area contributed by atoms with Gasteiger partial charge in [-0.15, -0.1) is 0 Å². The average Bonchev–Trinajstić information content (AvgIpc) is 2.10. The van der Waals surface area contributed by atoms with Gasteiger partial charge in [0.1, 0.15) is 16.4 Å². The van der Waals surface area contributed by atoms with Crippen LogP contribution in [0.4, 0.5) is 0 Å². The third-order valence-corrected chi connectivity index (χ3v) is 1.35. The number of halogens is 1. The standard InChI is InChI=1S/C5H4BrN3/c1-9-4(3-7)2-5(6)8-9/h2H,1H3. The van der Waals surface area contributed by atoms with E-state index in [9.17, 15) is 0 Å². The van der Waals surface area contributed by atoms with E-state index in [1.54, 1.807) is 13.1 Å². The minimum Gasteiger partial charge on any atom is -0.257 e. The second kappa shape index (κ2) is 2.19. The van der Waals surface area contributed by atoms with Crippen LogP contribution in [0.1, 0.15) is 5.69 Å². The molecule has 9 heavy (non-hydrogen) atoms. The summed E-state index contributed by atoms with van der Waals surface area (Å²) in [6.07, 6.45) is 0. The quantitative estimate of drug-likeness (QED) is 0.607. The summed E-state index contributed by atoms with van der Waals surface area (Å²) < 4.78 is 2.21. The molecule has 4 heteroatoms. The van der Waals surface area contributed by atoms with Crippen LogP contribution in [0.5, 0.6) is 0 Å². The molecule has 0 aromatic carbocycles. The Balaban J connectivity index is 3.20. The lowest BCUT2D eigenvalue weighted by molar-refractivity contribution is 0.749. The highest BCUT2D eigenvalue weighted by molar-refractivity contribution is 9.10. The molecule has 0 fully saturated rings. The Hall–Kier alpha value is -0.820. The number of aromatic nitrogens is 2. The van der Waals surface area contributed by atoms with Gasteiger partial charge in [-0.25, -0.2) is 0 Å². The van der Waals surface area contributed by atoms with Crippen molar-refractivity contribution in [2.75, 3.05) is 0 Å². The molecule has 0 aliphatic rings. The third-order valence-electron chi connectivity index (χ3n) is 0.965. The Bertz CT molecular complexity index is 258. The number of rotatable bonds is 0. The van der Waals surface area contributed by atoms with Gasteiger partial charge >= 0.3 is 0 Å². The van der Waals surface area contributed by atoms with Gasteiger partial charge < -0.3 is 0 Å². The molecule has 1 rings (SSSR count). The fraction of sp³-hybridized carbons (Fsp3) is 0.200. The normalized spacial score (nSPS) is 9.00. The van der Waals surface area contributed by atoms with Crippen LogP contribution in [-0.4, -0.2) is 9.78 Å². The van der Waals surface area contributed by atoms with Gasteiger partial charge in [-0.1, -0.05) is 0 Å². The minimum atomic E-state index is 0.557. The zero-order valence-electron chi connectivity index (χ0n) is 4.80. The van der Waals surface area contributed by atoms with E-state index in [1.165, 1.54) is 4.68 Å². The summed E-state index contributed by atoms with van der Waals surface area (Å²) >= 11 is 3.14. The van der Waals surface area contributed by atoms with Gasteiger partial charge in [-0.3, -0.25) is 4.68 Å². The Kier molecular flexibility index (Phi) is 1.54. The molecule has 1 aromatic heterocycles. The lowest BCUT2D eigenvalue weighted by Gasteiger charge is -1.84. The monoisotopic (exact) mass is 185 g/mol. The number of nitrogens with zero attached hydrogens (tertiary/aromatic N) is 3. The fourth-order valence-corrected chi connectivity index (χ4v) is 0.992. The predicted octanol–water partition coefficient (Wildman–Crippen LogP) is 1.05. The molecule has 0 radical (unpaired) electrons. The Morgan fingerprint density at radius 3 is 2.78 bits per heavy atom. The molecule has 0 amide bonds. The van der Waals surface area contributed by atoms with Crippen LogP contribution in [0.3, 0.4) is 0 Å². The Labute approximate surface area is 61.0 Å². The highest BCUT2D eigenvalue weighted by Crippen LogP contribution is 2.07. The molecule has 1 heterocycles. The van der Waals surface area contributed by atoms with Crippen molar-refractivity contribution in [3.05, 3.63) is 16.4 Å². The van der Waals surface area contributed by atoms with Crippen molar-refractivity contribution in [2.45, 2.75) is 0 Å². The maximum absolute atomic E-state index is 8.40. The summed E-state index contributed by atoms with van der Waals surface area (Å²) in [6, 6.07) is 3.65. The van der Waals surface area contributed by atoms with Gasteiger partial charge in [-0.05, 0) is 15.9 Å². The van der Waals surface area contributed by atoms with E-state index >= 15 is 0 Å². The van der Waals surface area contributed by atoms with Crippen molar-refractivity contribution in [1.29, 1.82) is 5.26 Å². The second-order valence-electron chi connectivity index (χ2n) is 1.59. The molecule has 46 valence electrons. The highest BCUT2D eigenvalue weighted by Gasteiger charge is 1.98. The van der Waals surface area contributed by atoms with Crippen LogP contribution in [0.2, 0.25) is 0 Å². The van der Waals surface area contributed by atoms with Gasteiger partial charge in [0, 0.05) is 13.1 Å². The van der Waals surface area contributed by atoms with Crippen molar-refractivity contribution in [2.24, 2.45) is 7.05 Å². The number of hydrogen-bond acceptors (Lipinski definition) is 2. The van der Waals surface area contributed by atoms with E-state index in [2.05, 4.69) is 21.0 Å². The van der Waals surface area contributed by atoms with E-state index in [4.69, 9.17) is 5.26 Å². The molecule has 0 spiro atoms. The summed E-state index contributed by atoms with van der Waals surface area (Å²) in [6.45, 7) is 0. The SMILES string of the molecule is Cn1nc(Br)cc1C#N. The summed E-state index contributed by atoms with van der Waals surface area (Å²) in [5.41, 5.74) is 0.557. The lowest BCUT2D eigenvalue weighted by atomic mass is 10.5. The maximum atomic E-state index is 8.40. The summed E-state index contributed by atoms with van der Waals surface area (Å²) in [7, 11) is 1.73. The van der Waals surface area contributed by atoms with Crippen molar-refractivity contribution in [3.63, 3.8) is 0 Å². The summed E-state index contributed by atoms with van der Waals surface area (Å²) in [5.74, 6) is 0. The molecule has 1 aromatic rings. The molecule has 0 aliphatic carbocycles. The van der Waals surface area contributed by atoms with Crippen molar-refractivity contribution >= 4 is 15.9 Å². The van der Waals surface area contributed by atoms with E-state index < -0.39 is 0 Å². The van der Waals surface area contributed by atoms with Crippen LogP contribution in [0, 0.1) is 11.3 Å². The number of hydrogen-bond donors (Lipinski definition) is 0. The smallest absolute Gasteiger partial charge is 0.139 e. The van der Waals surface area contributed by atoms with Gasteiger partial charge in [0.05, 0.1) is 0 Å². The van der Waals surface area contributed by atoms with E-state index in [1.807, 2.05) is 6.07 Å². The van der Waals surface area contributed by atoms with Gasteiger partial charge in [-0.2, -0.15) is 10.4 Å². The number of nitriles is 1. The first kappa shape index (κ1) is 6.30. The molecular formula is C5H4BrN3. The first-order chi connectivity index (χ1) is 4.24. The van der Waals surface area contributed by atoms with E-state index in [-0.39, 0.29) is 0 Å². The molecule has 0 bridgehead atoms. The zero-order chi connectivity index (χ0) is 6.85. The molecule has 0 aliphatic heterocycles. The van der Waals surface area contributed by atoms with Gasteiger partial charge in [0.2, 0.25) is 0 Å². The molecule has 0 atom stereocenters. The number of aryl methyl sites for hydroxylation is 1. The molecular weight excluding hydrogens is 182 g/mol. The van der Waals surface area contributed by atoms with Crippen molar-refractivity contribution < 1.29 is 0 Å². The van der Waals surface area contributed by atoms with Gasteiger partial charge in [0.15, 0.2) is 0 Å². The molecule has 0 saturated heterocycles. The van der Waals surface area contributed by atoms with Crippen LogP contribution in [0.25, 0.3) is 0 Å². The Morgan fingerprint density at radius 2 is 2.56 bits per heavy atom. The second-order valence-corrected chi connectivity index (χ2v) is 2.40. The average molecular weight is 186 g/mol. The van der Waals surface area contributed by atoms with Crippen LogP contribution in [0.15, 0.2) is 10.7 Å². The highest BCUT2D eigenvalue weighted by atomic mass is 79.9. The topological polar surface area (TPSA) is 41.6 Å². The first-order valence-electron chi connectivity index (χ1n) is 2.33. The lowest BCUT2D eigenvalue weighted by Crippen LogP contribution is -1.92. The molecule has 0 N–H and O–H groups in total. The third kappa shape index (κ3) is 1.11. The predicted molar refractivity (Wildman–Crippen MR) is 35.6 cm³/mol. The van der Waals surface area contributed by atoms with Gasteiger partial charge in [0.25, 0.3) is 0 Å². The van der Waals surface area contributed by atoms with Crippen molar-refractivity contribution in [3.8, 4) is 6.07 Å². The Morgan fingerprint density at radius 1 is 1.89 bits per heavy atom. The maximum Gasteiger partial charge on any atom is 0.139 e. The van der Waals surface area contributed by atoms with E-state index in [0.717, 1.165) is 0 Å². The van der Waals surface area contributed by atoms with E-state index in [0.29, 0.717) is 10.3 Å². The van der Waals surface area contributed by atoms with Crippen LogP contribution in [-0.2, 0) is 7.05 Å². The zero-order valence-corrected chi connectivity index (χ0v) is 6.38. The summed E-state index contributed by atoms with van der Waals surface area (Å²) in [4.78, 5) is 0. The minimum absolute atomic E-state index is 0.557. The fourth-order valence-electron chi connectivity index (χ4n) is 0.537. The van der Waals surface area contributed by atoms with Crippen molar-refractivity contribution in [1.82, 2.24) is 9.78 Å². The van der Waals surface area contributed by atoms with Crippen LogP contribution >= 0.6 is 15.9 Å². The molecule has 0 unspecified atom stereocenters.